The Hall–Kier alpha value is -2.18. The Morgan fingerprint density at radius 1 is 1.47 bits per heavy atom. The van der Waals surface area contributed by atoms with E-state index in [1.54, 1.807) is 0 Å². The smallest absolute Gasteiger partial charge is 0.303 e. The third-order valence-corrected chi connectivity index (χ3v) is 1.99. The van der Waals surface area contributed by atoms with Crippen LogP contribution in [0.3, 0.4) is 0 Å². The van der Waals surface area contributed by atoms with Crippen LogP contribution in [0, 0.1) is 15.9 Å². The third-order valence-electron chi connectivity index (χ3n) is 1.99. The molecule has 0 radical (unpaired) electrons. The molecule has 7 heteroatoms. The first-order chi connectivity index (χ1) is 7.99. The number of aliphatic carboxylic acids is 1. The average molecular weight is 242 g/mol. The van der Waals surface area contributed by atoms with Crippen molar-refractivity contribution < 1.29 is 19.2 Å². The molecule has 0 aliphatic heterocycles. The number of nitrogens with one attached hydrogen (secondary N) is 1. The van der Waals surface area contributed by atoms with Crippen molar-refractivity contribution in [1.82, 2.24) is 0 Å². The van der Waals surface area contributed by atoms with Gasteiger partial charge in [-0.3, -0.25) is 14.9 Å². The van der Waals surface area contributed by atoms with Crippen molar-refractivity contribution in [3.63, 3.8) is 0 Å². The maximum atomic E-state index is 13.0. The maximum Gasteiger partial charge on any atom is 0.303 e. The van der Waals surface area contributed by atoms with Crippen molar-refractivity contribution in [2.24, 2.45) is 0 Å². The molecule has 0 spiro atoms. The first-order valence-corrected chi connectivity index (χ1v) is 4.89. The van der Waals surface area contributed by atoms with Crippen LogP contribution in [0.4, 0.5) is 15.8 Å². The zero-order valence-electron chi connectivity index (χ0n) is 8.85. The first kappa shape index (κ1) is 12.9. The molecule has 0 heterocycles. The lowest BCUT2D eigenvalue weighted by atomic mass is 10.2. The number of carbonyl (C=O) groups is 1. The van der Waals surface area contributed by atoms with Crippen molar-refractivity contribution in [3.05, 3.63) is 34.1 Å². The molecule has 17 heavy (non-hydrogen) atoms. The Labute approximate surface area is 96.2 Å². The summed E-state index contributed by atoms with van der Waals surface area (Å²) in [4.78, 5) is 20.0. The van der Waals surface area contributed by atoms with Crippen molar-refractivity contribution in [2.75, 3.05) is 11.9 Å². The number of nitro benzene ring substituents is 1. The molecule has 0 saturated heterocycles. The van der Waals surface area contributed by atoms with Gasteiger partial charge in [0.2, 0.25) is 0 Å². The summed E-state index contributed by atoms with van der Waals surface area (Å²) in [6.07, 6.45) is 0.351. The van der Waals surface area contributed by atoms with E-state index in [-0.39, 0.29) is 17.8 Å². The van der Waals surface area contributed by atoms with Gasteiger partial charge in [-0.1, -0.05) is 0 Å². The molecule has 0 amide bonds. The SMILES string of the molecule is O=C(O)CCCNc1cc(F)cc([N+](=O)[O-])c1. The number of hydrogen-bond acceptors (Lipinski definition) is 4. The molecule has 0 aliphatic rings. The molecule has 0 fully saturated rings. The number of halogens is 1. The standard InChI is InChI=1S/C10H11FN2O4/c11-7-4-8(6-9(5-7)13(16)17)12-3-1-2-10(14)15/h4-6,12H,1-3H2,(H,14,15). The number of rotatable bonds is 6. The predicted molar refractivity (Wildman–Crippen MR) is 58.4 cm³/mol. The summed E-state index contributed by atoms with van der Waals surface area (Å²) in [5.74, 6) is -1.63. The lowest BCUT2D eigenvalue weighted by molar-refractivity contribution is -0.385. The summed E-state index contributed by atoms with van der Waals surface area (Å²) in [5, 5.41) is 21.6. The summed E-state index contributed by atoms with van der Waals surface area (Å²) in [6.45, 7) is 0.312. The Morgan fingerprint density at radius 2 is 2.18 bits per heavy atom. The average Bonchev–Trinajstić information content (AvgIpc) is 2.23. The van der Waals surface area contributed by atoms with Gasteiger partial charge in [0.15, 0.2) is 0 Å². The highest BCUT2D eigenvalue weighted by Crippen LogP contribution is 2.19. The van der Waals surface area contributed by atoms with Gasteiger partial charge in [-0.05, 0) is 12.5 Å². The van der Waals surface area contributed by atoms with Crippen LogP contribution in [0.15, 0.2) is 18.2 Å². The molecule has 1 aromatic carbocycles. The van der Waals surface area contributed by atoms with Gasteiger partial charge in [0.05, 0.1) is 11.0 Å². The van der Waals surface area contributed by atoms with E-state index in [1.165, 1.54) is 6.07 Å². The lowest BCUT2D eigenvalue weighted by Crippen LogP contribution is -2.05. The molecule has 1 aromatic rings. The van der Waals surface area contributed by atoms with Crippen molar-refractivity contribution in [1.29, 1.82) is 0 Å². The highest BCUT2D eigenvalue weighted by Gasteiger charge is 2.09. The molecule has 0 aromatic heterocycles. The molecule has 6 nitrogen and oxygen atoms in total. The van der Waals surface area contributed by atoms with Gasteiger partial charge < -0.3 is 10.4 Å². The molecule has 0 unspecified atom stereocenters. The minimum Gasteiger partial charge on any atom is -0.481 e. The van der Waals surface area contributed by atoms with Crippen LogP contribution < -0.4 is 5.32 Å². The lowest BCUT2D eigenvalue weighted by Gasteiger charge is -2.05. The zero-order valence-corrected chi connectivity index (χ0v) is 8.85. The molecule has 0 aliphatic carbocycles. The fraction of sp³-hybridized carbons (Fsp3) is 0.300. The number of carboxylic acid groups (broad SMARTS) is 1. The van der Waals surface area contributed by atoms with E-state index < -0.39 is 16.7 Å². The fourth-order valence-electron chi connectivity index (χ4n) is 1.25. The van der Waals surface area contributed by atoms with Crippen LogP contribution in [-0.2, 0) is 4.79 Å². The Bertz CT molecular complexity index is 436. The monoisotopic (exact) mass is 242 g/mol. The fourth-order valence-corrected chi connectivity index (χ4v) is 1.25. The van der Waals surface area contributed by atoms with Crippen LogP contribution in [0.2, 0.25) is 0 Å². The molecule has 1 rings (SSSR count). The van der Waals surface area contributed by atoms with Gasteiger partial charge in [0, 0.05) is 24.7 Å². The van der Waals surface area contributed by atoms with Crippen LogP contribution in [0.1, 0.15) is 12.8 Å². The maximum absolute atomic E-state index is 13.0. The number of nitrogens with zero attached hydrogens (tertiary/aromatic N) is 1. The van der Waals surface area contributed by atoms with Gasteiger partial charge in [0.1, 0.15) is 5.82 Å². The number of non-ortho nitro benzene ring substituents is 1. The Balaban J connectivity index is 2.59. The Kier molecular flexibility index (Phi) is 4.38. The summed E-state index contributed by atoms with van der Waals surface area (Å²) in [6, 6.07) is 3.14. The molecule has 2 N–H and O–H groups in total. The highest BCUT2D eigenvalue weighted by molar-refractivity contribution is 5.66. The van der Waals surface area contributed by atoms with E-state index in [0.29, 0.717) is 13.0 Å². The van der Waals surface area contributed by atoms with E-state index >= 15 is 0 Å². The predicted octanol–water partition coefficient (Wildman–Crippen LogP) is 2.01. The minimum absolute atomic E-state index is 0.00951. The van der Waals surface area contributed by atoms with Crippen LogP contribution in [0.25, 0.3) is 0 Å². The first-order valence-electron chi connectivity index (χ1n) is 4.89. The summed E-state index contributed by atoms with van der Waals surface area (Å²) in [5.41, 5.74) is -0.0761. The second-order valence-corrected chi connectivity index (χ2v) is 3.38. The topological polar surface area (TPSA) is 92.5 Å². The second-order valence-electron chi connectivity index (χ2n) is 3.38. The van der Waals surface area contributed by atoms with E-state index in [4.69, 9.17) is 5.11 Å². The molecule has 0 atom stereocenters. The second kappa shape index (κ2) is 5.78. The number of carboxylic acids is 1. The largest absolute Gasteiger partial charge is 0.481 e. The third kappa shape index (κ3) is 4.45. The van der Waals surface area contributed by atoms with Crippen LogP contribution >= 0.6 is 0 Å². The summed E-state index contributed by atoms with van der Waals surface area (Å²) >= 11 is 0. The van der Waals surface area contributed by atoms with E-state index in [2.05, 4.69) is 5.32 Å². The number of hydrogen-bond donors (Lipinski definition) is 2. The highest BCUT2D eigenvalue weighted by atomic mass is 19.1. The quantitative estimate of drug-likeness (QED) is 0.452. The van der Waals surface area contributed by atoms with Crippen molar-refractivity contribution in [2.45, 2.75) is 12.8 Å². The number of benzene rings is 1. The normalized spacial score (nSPS) is 9.94. The van der Waals surface area contributed by atoms with Gasteiger partial charge in [-0.25, -0.2) is 4.39 Å². The number of anilines is 1. The molecule has 92 valence electrons. The molecular weight excluding hydrogens is 231 g/mol. The summed E-state index contributed by atoms with van der Waals surface area (Å²) in [7, 11) is 0. The van der Waals surface area contributed by atoms with Crippen molar-refractivity contribution >= 4 is 17.3 Å². The summed E-state index contributed by atoms with van der Waals surface area (Å²) < 4.78 is 13.0. The molecule has 0 bridgehead atoms. The van der Waals surface area contributed by atoms with E-state index in [1.807, 2.05) is 0 Å². The van der Waals surface area contributed by atoms with Gasteiger partial charge in [0.25, 0.3) is 5.69 Å². The van der Waals surface area contributed by atoms with Crippen LogP contribution in [-0.4, -0.2) is 22.5 Å². The van der Waals surface area contributed by atoms with Gasteiger partial charge >= 0.3 is 5.97 Å². The van der Waals surface area contributed by atoms with Crippen molar-refractivity contribution in [3.8, 4) is 0 Å². The molecular formula is C10H11FN2O4. The van der Waals surface area contributed by atoms with Gasteiger partial charge in [-0.15, -0.1) is 0 Å². The van der Waals surface area contributed by atoms with E-state index in [0.717, 1.165) is 12.1 Å². The van der Waals surface area contributed by atoms with Gasteiger partial charge in [-0.2, -0.15) is 0 Å². The zero-order chi connectivity index (χ0) is 12.8. The van der Waals surface area contributed by atoms with E-state index in [9.17, 15) is 19.3 Å². The van der Waals surface area contributed by atoms with Crippen LogP contribution in [0.5, 0.6) is 0 Å². The minimum atomic E-state index is -0.919. The Morgan fingerprint density at radius 3 is 2.76 bits per heavy atom. The molecule has 0 saturated carbocycles. The number of nitro groups is 1.